The summed E-state index contributed by atoms with van der Waals surface area (Å²) in [4.78, 5) is 25.4. The number of allylic oxidation sites excluding steroid dienone is 5. The Morgan fingerprint density at radius 1 is 0.507 bits per heavy atom. The number of aliphatic hydroxyl groups is 1. The number of unbranched alkanes of at least 4 members (excludes halogenated alkanes) is 38. The number of phosphoric acid groups is 1. The molecule has 0 bridgehead atoms. The number of nitrogens with one attached hydrogen (secondary N) is 1. The van der Waals surface area contributed by atoms with Crippen molar-refractivity contribution >= 4 is 13.7 Å². The van der Waals surface area contributed by atoms with E-state index >= 15 is 0 Å². The van der Waals surface area contributed by atoms with Crippen molar-refractivity contribution in [1.82, 2.24) is 5.32 Å². The fraction of sp³-hybridized carbons (Fsp3) is 0.883. The molecule has 0 aliphatic carbocycles. The third kappa shape index (κ3) is 54.3. The van der Waals surface area contributed by atoms with Crippen molar-refractivity contribution in [1.29, 1.82) is 0 Å². The molecule has 0 aromatic rings. The number of amides is 1. The Kier molecular flexibility index (Phi) is 50.7. The number of carbonyl (C=O) groups is 1. The number of aliphatic hydroxyl groups excluding tert-OH is 1. The van der Waals surface area contributed by atoms with E-state index in [1.54, 1.807) is 6.08 Å². The van der Waals surface area contributed by atoms with Crippen LogP contribution in [0.15, 0.2) is 36.5 Å². The summed E-state index contributed by atoms with van der Waals surface area (Å²) in [7, 11) is 1.24. The maximum Gasteiger partial charge on any atom is 0.268 e. The highest BCUT2D eigenvalue weighted by molar-refractivity contribution is 7.45. The summed E-state index contributed by atoms with van der Waals surface area (Å²) in [5.41, 5.74) is 0. The van der Waals surface area contributed by atoms with Crippen LogP contribution in [0.2, 0.25) is 0 Å². The number of phosphoric ester groups is 1. The molecule has 3 atom stereocenters. The number of quaternary nitrogens is 1. The smallest absolute Gasteiger partial charge is 0.268 e. The highest BCUT2D eigenvalue weighted by Crippen LogP contribution is 2.38. The Bertz CT molecular complexity index is 1220. The summed E-state index contributed by atoms with van der Waals surface area (Å²) in [5.74, 6) is -0.209. The van der Waals surface area contributed by atoms with E-state index in [4.69, 9.17) is 9.05 Å². The zero-order chi connectivity index (χ0) is 50.6. The normalized spacial score (nSPS) is 14.1. The number of likely N-dealkylation sites (N-methyl/N-ethyl adjacent to an activating group) is 1. The highest BCUT2D eigenvalue weighted by Gasteiger charge is 2.23. The van der Waals surface area contributed by atoms with Crippen LogP contribution >= 0.6 is 7.82 Å². The highest BCUT2D eigenvalue weighted by atomic mass is 31.2. The maximum atomic E-state index is 12.9. The lowest BCUT2D eigenvalue weighted by atomic mass is 10.0. The first kappa shape index (κ1) is 67.7. The van der Waals surface area contributed by atoms with E-state index in [2.05, 4.69) is 43.5 Å². The van der Waals surface area contributed by atoms with Gasteiger partial charge in [-0.2, -0.15) is 0 Å². The second-order valence-corrected chi connectivity index (χ2v) is 23.1. The first-order chi connectivity index (χ1) is 33.5. The summed E-state index contributed by atoms with van der Waals surface area (Å²) in [6, 6.07) is -0.906. The van der Waals surface area contributed by atoms with Crippen molar-refractivity contribution in [3.8, 4) is 0 Å². The number of hydrogen-bond donors (Lipinski definition) is 2. The van der Waals surface area contributed by atoms with Crippen molar-refractivity contribution in [2.24, 2.45) is 0 Å². The topological polar surface area (TPSA) is 108 Å². The van der Waals surface area contributed by atoms with Gasteiger partial charge < -0.3 is 28.8 Å². The van der Waals surface area contributed by atoms with Crippen LogP contribution in [-0.2, 0) is 18.4 Å². The predicted octanol–water partition coefficient (Wildman–Crippen LogP) is 17.5. The number of nitrogens with zero attached hydrogens (tertiary/aromatic N) is 1. The lowest BCUT2D eigenvalue weighted by molar-refractivity contribution is -0.870. The zero-order valence-electron chi connectivity index (χ0n) is 46.5. The third-order valence-electron chi connectivity index (χ3n) is 13.6. The van der Waals surface area contributed by atoms with Crippen LogP contribution in [0.4, 0.5) is 0 Å². The van der Waals surface area contributed by atoms with Gasteiger partial charge >= 0.3 is 0 Å². The molecule has 0 saturated heterocycles. The molecule has 0 rings (SSSR count). The van der Waals surface area contributed by atoms with Gasteiger partial charge in [-0.15, -0.1) is 0 Å². The van der Waals surface area contributed by atoms with Gasteiger partial charge in [0.25, 0.3) is 7.82 Å². The molecule has 3 unspecified atom stereocenters. The molecule has 2 N–H and O–H groups in total. The molecule has 0 spiro atoms. The van der Waals surface area contributed by atoms with Crippen LogP contribution in [-0.4, -0.2) is 68.5 Å². The van der Waals surface area contributed by atoms with E-state index in [1.807, 2.05) is 27.2 Å². The molecule has 0 heterocycles. The van der Waals surface area contributed by atoms with Gasteiger partial charge in [0.1, 0.15) is 13.2 Å². The van der Waals surface area contributed by atoms with Gasteiger partial charge in [-0.25, -0.2) is 0 Å². The predicted molar refractivity (Wildman–Crippen MR) is 298 cm³/mol. The second-order valence-electron chi connectivity index (χ2n) is 21.7. The Morgan fingerprint density at radius 3 is 1.16 bits per heavy atom. The SMILES string of the molecule is CC/C=C/CC/C=C/CC/C=C/C(O)C(COP(=O)([O-])OCC[N+](C)(C)C)NC(=O)CCCCCCCCCCCCCCCCCCCCCCCCCCCCCCCCCCCCCCC. The van der Waals surface area contributed by atoms with Gasteiger partial charge in [0.15, 0.2) is 0 Å². The second kappa shape index (κ2) is 51.6. The molecule has 9 heteroatoms. The van der Waals surface area contributed by atoms with Crippen molar-refractivity contribution in [2.45, 2.75) is 302 Å². The lowest BCUT2D eigenvalue weighted by Crippen LogP contribution is -2.45. The minimum atomic E-state index is -4.60. The van der Waals surface area contributed by atoms with Crippen molar-refractivity contribution in [2.75, 3.05) is 40.9 Å². The molecule has 0 radical (unpaired) electrons. The van der Waals surface area contributed by atoms with Gasteiger partial charge in [-0.3, -0.25) is 9.36 Å². The third-order valence-corrected chi connectivity index (χ3v) is 14.6. The Labute approximate surface area is 429 Å². The van der Waals surface area contributed by atoms with E-state index in [1.165, 1.54) is 218 Å². The molecule has 0 aromatic carbocycles. The average Bonchev–Trinajstić information content (AvgIpc) is 3.31. The molecule has 0 aliphatic heterocycles. The van der Waals surface area contributed by atoms with Crippen LogP contribution in [0, 0.1) is 0 Å². The molecule has 0 aromatic heterocycles. The molecule has 0 saturated carbocycles. The van der Waals surface area contributed by atoms with Crippen molar-refractivity contribution in [3.63, 3.8) is 0 Å². The van der Waals surface area contributed by atoms with E-state index in [-0.39, 0.29) is 12.5 Å². The number of hydrogen-bond acceptors (Lipinski definition) is 6. The molecular formula is C60H117N2O6P. The first-order valence-corrected chi connectivity index (χ1v) is 31.3. The largest absolute Gasteiger partial charge is 0.756 e. The Hall–Kier alpha value is -1.28. The van der Waals surface area contributed by atoms with Gasteiger partial charge in [-0.05, 0) is 38.5 Å². The quantitative estimate of drug-likeness (QED) is 0.0272. The zero-order valence-corrected chi connectivity index (χ0v) is 47.4. The van der Waals surface area contributed by atoms with Crippen LogP contribution in [0.3, 0.4) is 0 Å². The molecular weight excluding hydrogens is 876 g/mol. The van der Waals surface area contributed by atoms with E-state index < -0.39 is 26.6 Å². The van der Waals surface area contributed by atoms with Gasteiger partial charge in [0.05, 0.1) is 39.9 Å². The summed E-state index contributed by atoms with van der Waals surface area (Å²) >= 11 is 0. The first-order valence-electron chi connectivity index (χ1n) is 29.9. The van der Waals surface area contributed by atoms with Crippen LogP contribution < -0.4 is 10.2 Å². The maximum absolute atomic E-state index is 12.9. The van der Waals surface area contributed by atoms with Crippen LogP contribution in [0.25, 0.3) is 0 Å². The molecule has 69 heavy (non-hydrogen) atoms. The molecule has 408 valence electrons. The van der Waals surface area contributed by atoms with Crippen molar-refractivity contribution < 1.29 is 32.9 Å². The Balaban J connectivity index is 3.82. The molecule has 0 fully saturated rings. The van der Waals surface area contributed by atoms with Crippen molar-refractivity contribution in [3.05, 3.63) is 36.5 Å². The van der Waals surface area contributed by atoms with E-state index in [9.17, 15) is 19.4 Å². The minimum absolute atomic E-state index is 0.00800. The fourth-order valence-corrected chi connectivity index (χ4v) is 9.68. The fourth-order valence-electron chi connectivity index (χ4n) is 8.96. The summed E-state index contributed by atoms with van der Waals surface area (Å²) in [6.07, 6.45) is 67.2. The molecule has 1 amide bonds. The Morgan fingerprint density at radius 2 is 0.826 bits per heavy atom. The average molecular weight is 994 g/mol. The van der Waals surface area contributed by atoms with E-state index in [0.29, 0.717) is 17.4 Å². The van der Waals surface area contributed by atoms with Gasteiger partial charge in [0.2, 0.25) is 5.91 Å². The van der Waals surface area contributed by atoms with E-state index in [0.717, 1.165) is 51.4 Å². The molecule has 8 nitrogen and oxygen atoms in total. The number of rotatable bonds is 55. The van der Waals surface area contributed by atoms with Gasteiger partial charge in [0, 0.05) is 6.42 Å². The van der Waals surface area contributed by atoms with Crippen LogP contribution in [0.1, 0.15) is 290 Å². The summed E-state index contributed by atoms with van der Waals surface area (Å²) in [5, 5.41) is 13.8. The monoisotopic (exact) mass is 993 g/mol. The lowest BCUT2D eigenvalue weighted by Gasteiger charge is -2.29. The molecule has 0 aliphatic rings. The minimum Gasteiger partial charge on any atom is -0.756 e. The standard InChI is InChI=1S/C60H117N2O6P/c1-6-8-10-12-14-16-18-19-20-21-22-23-24-25-26-27-28-29-30-31-32-33-34-35-36-37-38-39-40-41-42-43-44-46-48-50-52-54-60(64)61-58(57-68-69(65,66)67-56-55-62(3,4)5)59(63)53-51-49-47-45-17-15-13-11-9-7-2/h9,11,17,45,51,53,58-59,63H,6-8,10,12-16,18-44,46-50,52,54-57H2,1-5H3,(H-,61,64,65,66)/b11-9+,45-17+,53-51+. The summed E-state index contributed by atoms with van der Waals surface area (Å²) in [6.45, 7) is 4.52. The van der Waals surface area contributed by atoms with Crippen LogP contribution in [0.5, 0.6) is 0 Å². The number of carbonyl (C=O) groups excluding carboxylic acids is 1. The summed E-state index contributed by atoms with van der Waals surface area (Å²) < 4.78 is 23.2. The van der Waals surface area contributed by atoms with Gasteiger partial charge in [-0.1, -0.05) is 281 Å².